The Bertz CT molecular complexity index is 799. The first-order valence-corrected chi connectivity index (χ1v) is 7.33. The normalized spacial score (nSPS) is 14.7. The SMILES string of the molecule is CCOc1ccc2c(c1)O/C(=C\c1ccccc1OC(F)F)C2=O. The molecule has 0 amide bonds. The van der Waals surface area contributed by atoms with Gasteiger partial charge in [-0.05, 0) is 31.2 Å². The Hall–Kier alpha value is -2.89. The minimum atomic E-state index is -2.95. The lowest BCUT2D eigenvalue weighted by atomic mass is 10.1. The number of carbonyl (C=O) groups is 1. The lowest BCUT2D eigenvalue weighted by molar-refractivity contribution is -0.0499. The van der Waals surface area contributed by atoms with Gasteiger partial charge < -0.3 is 14.2 Å². The molecule has 3 rings (SSSR count). The summed E-state index contributed by atoms with van der Waals surface area (Å²) in [6, 6.07) is 11.1. The summed E-state index contributed by atoms with van der Waals surface area (Å²) in [4.78, 5) is 12.4. The summed E-state index contributed by atoms with van der Waals surface area (Å²) in [5, 5.41) is 0. The molecular formula is C18H14F2O4. The van der Waals surface area contributed by atoms with E-state index in [-0.39, 0.29) is 17.3 Å². The van der Waals surface area contributed by atoms with Crippen molar-refractivity contribution in [3.8, 4) is 17.2 Å². The Labute approximate surface area is 137 Å². The number of carbonyl (C=O) groups excluding carboxylic acids is 1. The van der Waals surface area contributed by atoms with Crippen LogP contribution >= 0.6 is 0 Å². The molecule has 1 heterocycles. The van der Waals surface area contributed by atoms with Crippen LogP contribution in [0.15, 0.2) is 48.2 Å². The van der Waals surface area contributed by atoms with Crippen LogP contribution in [0.4, 0.5) is 8.78 Å². The molecule has 2 aromatic carbocycles. The van der Waals surface area contributed by atoms with Crippen molar-refractivity contribution in [2.75, 3.05) is 6.61 Å². The molecule has 4 nitrogen and oxygen atoms in total. The van der Waals surface area contributed by atoms with Crippen molar-refractivity contribution in [3.05, 3.63) is 59.4 Å². The van der Waals surface area contributed by atoms with Gasteiger partial charge in [0, 0.05) is 11.6 Å². The van der Waals surface area contributed by atoms with E-state index in [0.717, 1.165) is 0 Å². The van der Waals surface area contributed by atoms with Crippen molar-refractivity contribution >= 4 is 11.9 Å². The van der Waals surface area contributed by atoms with Crippen molar-refractivity contribution in [1.29, 1.82) is 0 Å². The van der Waals surface area contributed by atoms with Crippen molar-refractivity contribution < 1.29 is 27.8 Å². The monoisotopic (exact) mass is 332 g/mol. The molecule has 24 heavy (non-hydrogen) atoms. The maximum atomic E-state index is 12.5. The number of halogens is 2. The van der Waals surface area contributed by atoms with E-state index in [1.54, 1.807) is 36.4 Å². The van der Waals surface area contributed by atoms with Crippen LogP contribution in [0.1, 0.15) is 22.8 Å². The zero-order valence-corrected chi connectivity index (χ0v) is 12.8. The van der Waals surface area contributed by atoms with Gasteiger partial charge in [-0.15, -0.1) is 0 Å². The Balaban J connectivity index is 1.92. The maximum absolute atomic E-state index is 12.5. The third-order valence-electron chi connectivity index (χ3n) is 3.37. The Morgan fingerprint density at radius 1 is 1.21 bits per heavy atom. The van der Waals surface area contributed by atoms with Gasteiger partial charge in [0.05, 0.1) is 12.2 Å². The Kier molecular flexibility index (Phi) is 4.46. The van der Waals surface area contributed by atoms with Gasteiger partial charge in [-0.1, -0.05) is 18.2 Å². The molecule has 124 valence electrons. The summed E-state index contributed by atoms with van der Waals surface area (Å²) in [7, 11) is 0. The first-order valence-electron chi connectivity index (χ1n) is 7.33. The molecule has 1 aliphatic heterocycles. The summed E-state index contributed by atoms with van der Waals surface area (Å²) in [5.41, 5.74) is 0.732. The highest BCUT2D eigenvalue weighted by Crippen LogP contribution is 2.35. The molecule has 0 unspecified atom stereocenters. The van der Waals surface area contributed by atoms with Crippen LogP contribution in [0.2, 0.25) is 0 Å². The zero-order valence-electron chi connectivity index (χ0n) is 12.8. The standard InChI is InChI=1S/C18H14F2O4/c1-2-22-12-7-8-13-15(10-12)23-16(17(13)21)9-11-5-3-4-6-14(11)24-18(19)20/h3-10,18H,2H2,1H3/b16-9-. The summed E-state index contributed by atoms with van der Waals surface area (Å²) >= 11 is 0. The van der Waals surface area contributed by atoms with E-state index >= 15 is 0 Å². The largest absolute Gasteiger partial charge is 0.494 e. The second kappa shape index (κ2) is 6.70. The number of ether oxygens (including phenoxy) is 3. The molecule has 2 aromatic rings. The molecule has 0 saturated carbocycles. The number of hydrogen-bond acceptors (Lipinski definition) is 4. The number of fused-ring (bicyclic) bond motifs is 1. The molecule has 0 N–H and O–H groups in total. The van der Waals surface area contributed by atoms with Crippen molar-refractivity contribution in [1.82, 2.24) is 0 Å². The second-order valence-electron chi connectivity index (χ2n) is 4.95. The average molecular weight is 332 g/mol. The maximum Gasteiger partial charge on any atom is 0.387 e. The van der Waals surface area contributed by atoms with Gasteiger partial charge in [-0.25, -0.2) is 0 Å². The summed E-state index contributed by atoms with van der Waals surface area (Å²) in [6.07, 6.45) is 1.39. The molecule has 0 aromatic heterocycles. The van der Waals surface area contributed by atoms with Crippen LogP contribution in [-0.4, -0.2) is 19.0 Å². The molecule has 0 fully saturated rings. The van der Waals surface area contributed by atoms with Crippen LogP contribution in [-0.2, 0) is 0 Å². The van der Waals surface area contributed by atoms with Gasteiger partial charge in [0.15, 0.2) is 5.76 Å². The predicted molar refractivity (Wildman–Crippen MR) is 83.6 cm³/mol. The lowest BCUT2D eigenvalue weighted by Crippen LogP contribution is -2.04. The van der Waals surface area contributed by atoms with Crippen molar-refractivity contribution in [3.63, 3.8) is 0 Å². The van der Waals surface area contributed by atoms with E-state index in [9.17, 15) is 13.6 Å². The van der Waals surface area contributed by atoms with E-state index in [4.69, 9.17) is 9.47 Å². The molecule has 0 bridgehead atoms. The third kappa shape index (κ3) is 3.22. The number of rotatable bonds is 5. The van der Waals surface area contributed by atoms with E-state index in [1.807, 2.05) is 6.92 Å². The highest BCUT2D eigenvalue weighted by Gasteiger charge is 2.28. The van der Waals surface area contributed by atoms with E-state index in [0.29, 0.717) is 29.2 Å². The highest BCUT2D eigenvalue weighted by atomic mass is 19.3. The Morgan fingerprint density at radius 3 is 2.75 bits per heavy atom. The zero-order chi connectivity index (χ0) is 17.1. The van der Waals surface area contributed by atoms with Crippen molar-refractivity contribution in [2.24, 2.45) is 0 Å². The van der Waals surface area contributed by atoms with Crippen LogP contribution in [0.25, 0.3) is 6.08 Å². The highest BCUT2D eigenvalue weighted by molar-refractivity contribution is 6.14. The fourth-order valence-corrected chi connectivity index (χ4v) is 2.37. The minimum absolute atomic E-state index is 0.0256. The van der Waals surface area contributed by atoms with Crippen LogP contribution in [0, 0.1) is 0 Å². The number of allylic oxidation sites excluding steroid dienone is 1. The van der Waals surface area contributed by atoms with Crippen molar-refractivity contribution in [2.45, 2.75) is 13.5 Å². The van der Waals surface area contributed by atoms with Crippen LogP contribution < -0.4 is 14.2 Å². The Morgan fingerprint density at radius 2 is 2.00 bits per heavy atom. The minimum Gasteiger partial charge on any atom is -0.494 e. The first-order chi connectivity index (χ1) is 11.6. The van der Waals surface area contributed by atoms with Gasteiger partial charge in [0.2, 0.25) is 5.78 Å². The summed E-state index contributed by atoms with van der Waals surface area (Å²) < 4.78 is 40.3. The number of alkyl halides is 2. The third-order valence-corrected chi connectivity index (χ3v) is 3.37. The summed E-state index contributed by atoms with van der Waals surface area (Å²) in [6.45, 7) is -0.603. The number of para-hydroxylation sites is 1. The molecule has 1 aliphatic rings. The molecule has 0 radical (unpaired) electrons. The van der Waals surface area contributed by atoms with Gasteiger partial charge in [0.25, 0.3) is 0 Å². The fourth-order valence-electron chi connectivity index (χ4n) is 2.37. The number of ketones is 1. The van der Waals surface area contributed by atoms with Crippen LogP contribution in [0.3, 0.4) is 0 Å². The fraction of sp³-hybridized carbons (Fsp3) is 0.167. The van der Waals surface area contributed by atoms with Gasteiger partial charge in [-0.2, -0.15) is 8.78 Å². The molecule has 0 atom stereocenters. The number of hydrogen-bond donors (Lipinski definition) is 0. The predicted octanol–water partition coefficient (Wildman–Crippen LogP) is 4.30. The molecule has 6 heteroatoms. The quantitative estimate of drug-likeness (QED) is 0.766. The topological polar surface area (TPSA) is 44.8 Å². The van der Waals surface area contributed by atoms with E-state index < -0.39 is 6.61 Å². The molecule has 0 saturated heterocycles. The number of Topliss-reactive ketones (excluding diaryl/α,β-unsaturated/α-hetero) is 1. The average Bonchev–Trinajstić information content (AvgIpc) is 2.85. The van der Waals surface area contributed by atoms with Gasteiger partial charge in [0.1, 0.15) is 17.2 Å². The van der Waals surface area contributed by atoms with E-state index in [2.05, 4.69) is 4.74 Å². The first kappa shape index (κ1) is 16.0. The summed E-state index contributed by atoms with van der Waals surface area (Å²) in [5.74, 6) is 0.669. The second-order valence-corrected chi connectivity index (χ2v) is 4.95. The molecule has 0 spiro atoms. The molecular weight excluding hydrogens is 318 g/mol. The van der Waals surface area contributed by atoms with Crippen LogP contribution in [0.5, 0.6) is 17.2 Å². The van der Waals surface area contributed by atoms with E-state index in [1.165, 1.54) is 12.1 Å². The molecule has 0 aliphatic carbocycles. The van der Waals surface area contributed by atoms with Gasteiger partial charge in [-0.3, -0.25) is 4.79 Å². The van der Waals surface area contributed by atoms with Gasteiger partial charge >= 0.3 is 6.61 Å². The number of benzene rings is 2. The smallest absolute Gasteiger partial charge is 0.387 e. The lowest BCUT2D eigenvalue weighted by Gasteiger charge is -2.08.